The quantitative estimate of drug-likeness (QED) is 0.444. The molecule has 2 aromatic heterocycles. The van der Waals surface area contributed by atoms with Crippen molar-refractivity contribution in [2.24, 2.45) is 5.73 Å². The van der Waals surface area contributed by atoms with E-state index in [1.165, 1.54) is 16.7 Å². The summed E-state index contributed by atoms with van der Waals surface area (Å²) in [6.45, 7) is 6.19. The van der Waals surface area contributed by atoms with E-state index in [4.69, 9.17) is 14.9 Å². The van der Waals surface area contributed by atoms with Crippen LogP contribution in [-0.4, -0.2) is 45.0 Å². The minimum absolute atomic E-state index is 0.0601. The number of nitrogens with two attached hydrogens (primary N) is 1. The molecule has 0 radical (unpaired) electrons. The fourth-order valence-electron chi connectivity index (χ4n) is 3.33. The maximum absolute atomic E-state index is 13.1. The smallest absolute Gasteiger partial charge is 0.260 e. The monoisotopic (exact) mass is 439 g/mol. The second-order valence-corrected chi connectivity index (χ2v) is 7.81. The van der Waals surface area contributed by atoms with Gasteiger partial charge in [0, 0.05) is 6.54 Å². The number of hydrogen-bond donors (Lipinski definition) is 1. The number of carbonyl (C=O) groups is 2. The number of rotatable bonds is 7. The Hall–Kier alpha value is -3.53. The van der Waals surface area contributed by atoms with Crippen molar-refractivity contribution in [2.75, 3.05) is 17.2 Å². The van der Waals surface area contributed by atoms with Gasteiger partial charge < -0.3 is 19.8 Å². The normalized spacial score (nSPS) is 15.3. The van der Waals surface area contributed by atoms with Gasteiger partial charge in [0.2, 0.25) is 5.91 Å². The number of fused-ring (bicyclic) bond motifs is 1. The van der Waals surface area contributed by atoms with E-state index in [2.05, 4.69) is 16.8 Å². The topological polar surface area (TPSA) is 116 Å². The summed E-state index contributed by atoms with van der Waals surface area (Å²) in [6.07, 6.45) is 2.44. The number of primary amides is 1. The molecule has 0 aliphatic carbocycles. The number of aromatic nitrogens is 3. The number of furan rings is 1. The Bertz CT molecular complexity index is 1140. The van der Waals surface area contributed by atoms with E-state index in [-0.39, 0.29) is 18.2 Å². The third-order valence-electron chi connectivity index (χ3n) is 4.85. The van der Waals surface area contributed by atoms with Crippen LogP contribution >= 0.6 is 11.8 Å². The number of allylic oxidation sites excluding steroid dienone is 1. The summed E-state index contributed by atoms with van der Waals surface area (Å²) in [6, 6.07) is 8.89. The number of nitrogens with zero attached hydrogens (tertiary/aromatic N) is 4. The first-order chi connectivity index (χ1) is 15.0. The molecule has 4 rings (SSSR count). The van der Waals surface area contributed by atoms with Crippen LogP contribution in [0.3, 0.4) is 0 Å². The van der Waals surface area contributed by atoms with E-state index in [1.54, 1.807) is 36.6 Å². The fraction of sp³-hybridized carbons (Fsp3) is 0.238. The number of para-hydroxylation sites is 2. The van der Waals surface area contributed by atoms with Crippen molar-refractivity contribution in [3.63, 3.8) is 0 Å². The standard InChI is InChI=1S/C21H21N5O4S/c1-3-9-25-20(14-8-10-29-13(14)2)23-24-21(25)31-12-18(27)26-11-17(19(22)28)30-16-7-5-4-6-15(16)26/h3-8,10,17H,1,9,11-12H2,2H3,(H2,22,28). The highest BCUT2D eigenvalue weighted by molar-refractivity contribution is 7.99. The van der Waals surface area contributed by atoms with Crippen LogP contribution in [0.25, 0.3) is 11.4 Å². The molecule has 0 bridgehead atoms. The van der Waals surface area contributed by atoms with Gasteiger partial charge in [-0.25, -0.2) is 0 Å². The molecule has 3 aromatic rings. The number of anilines is 1. The number of hydrogen-bond acceptors (Lipinski definition) is 7. The van der Waals surface area contributed by atoms with Crippen molar-refractivity contribution in [2.45, 2.75) is 24.7 Å². The molecule has 160 valence electrons. The Labute approximate surface area is 182 Å². The summed E-state index contributed by atoms with van der Waals surface area (Å²) < 4.78 is 12.9. The molecule has 31 heavy (non-hydrogen) atoms. The first-order valence-electron chi connectivity index (χ1n) is 9.56. The average Bonchev–Trinajstić information content (AvgIpc) is 3.37. The van der Waals surface area contributed by atoms with Gasteiger partial charge in [0.1, 0.15) is 11.5 Å². The lowest BCUT2D eigenvalue weighted by atomic mass is 10.2. The number of amides is 2. The molecule has 0 saturated carbocycles. The lowest BCUT2D eigenvalue weighted by molar-refractivity contribution is -0.125. The molecule has 3 heterocycles. The van der Waals surface area contributed by atoms with Crippen LogP contribution in [0.2, 0.25) is 0 Å². The average molecular weight is 439 g/mol. The number of ether oxygens (including phenoxy) is 1. The van der Waals surface area contributed by atoms with Gasteiger partial charge in [0.15, 0.2) is 17.1 Å². The van der Waals surface area contributed by atoms with E-state index in [0.29, 0.717) is 29.0 Å². The van der Waals surface area contributed by atoms with Crippen LogP contribution < -0.4 is 15.4 Å². The lowest BCUT2D eigenvalue weighted by Gasteiger charge is -2.33. The number of carbonyl (C=O) groups excluding carboxylic acids is 2. The van der Waals surface area contributed by atoms with Crippen LogP contribution in [-0.2, 0) is 16.1 Å². The van der Waals surface area contributed by atoms with Gasteiger partial charge >= 0.3 is 0 Å². The molecule has 1 aliphatic heterocycles. The van der Waals surface area contributed by atoms with Crippen LogP contribution in [0.4, 0.5) is 5.69 Å². The van der Waals surface area contributed by atoms with Crippen LogP contribution in [0.15, 0.2) is 58.8 Å². The summed E-state index contributed by atoms with van der Waals surface area (Å²) in [4.78, 5) is 26.3. The molecule has 10 heteroatoms. The second kappa shape index (κ2) is 8.68. The molecule has 2 N–H and O–H groups in total. The van der Waals surface area contributed by atoms with Crippen molar-refractivity contribution in [3.8, 4) is 17.1 Å². The van der Waals surface area contributed by atoms with E-state index in [0.717, 1.165) is 11.3 Å². The van der Waals surface area contributed by atoms with Gasteiger partial charge in [0.05, 0.1) is 29.8 Å². The van der Waals surface area contributed by atoms with Gasteiger partial charge in [-0.05, 0) is 25.1 Å². The van der Waals surface area contributed by atoms with Crippen molar-refractivity contribution >= 4 is 29.3 Å². The first-order valence-corrected chi connectivity index (χ1v) is 10.5. The summed E-state index contributed by atoms with van der Waals surface area (Å²) in [7, 11) is 0. The zero-order chi connectivity index (χ0) is 22.0. The molecule has 0 saturated heterocycles. The Morgan fingerprint density at radius 1 is 1.32 bits per heavy atom. The minimum Gasteiger partial charge on any atom is -0.477 e. The Kier molecular flexibility index (Phi) is 5.81. The van der Waals surface area contributed by atoms with Gasteiger partial charge in [-0.2, -0.15) is 0 Å². The summed E-state index contributed by atoms with van der Waals surface area (Å²) in [5.41, 5.74) is 6.86. The van der Waals surface area contributed by atoms with Crippen LogP contribution in [0.5, 0.6) is 5.75 Å². The van der Waals surface area contributed by atoms with Crippen molar-refractivity contribution in [1.29, 1.82) is 0 Å². The van der Waals surface area contributed by atoms with Crippen LogP contribution in [0, 0.1) is 6.92 Å². The molecule has 9 nitrogen and oxygen atoms in total. The van der Waals surface area contributed by atoms with E-state index in [1.807, 2.05) is 17.6 Å². The van der Waals surface area contributed by atoms with E-state index >= 15 is 0 Å². The van der Waals surface area contributed by atoms with E-state index < -0.39 is 12.0 Å². The third-order valence-corrected chi connectivity index (χ3v) is 5.80. The zero-order valence-electron chi connectivity index (χ0n) is 16.9. The zero-order valence-corrected chi connectivity index (χ0v) is 17.7. The largest absolute Gasteiger partial charge is 0.477 e. The molecule has 1 atom stereocenters. The lowest BCUT2D eigenvalue weighted by Crippen LogP contribution is -2.49. The molecule has 1 aliphatic rings. The van der Waals surface area contributed by atoms with Crippen molar-refractivity contribution in [3.05, 3.63) is 55.0 Å². The minimum atomic E-state index is -0.899. The molecule has 1 aromatic carbocycles. The van der Waals surface area contributed by atoms with Gasteiger partial charge in [0.25, 0.3) is 5.91 Å². The Balaban J connectivity index is 1.55. The Morgan fingerprint density at radius 3 is 2.84 bits per heavy atom. The molecule has 1 unspecified atom stereocenters. The van der Waals surface area contributed by atoms with Gasteiger partial charge in [-0.15, -0.1) is 16.8 Å². The summed E-state index contributed by atoms with van der Waals surface area (Å²) in [5, 5.41) is 9.11. The molecule has 2 amide bonds. The predicted octanol–water partition coefficient (Wildman–Crippen LogP) is 2.40. The number of thioether (sulfide) groups is 1. The summed E-state index contributed by atoms with van der Waals surface area (Å²) in [5.74, 6) is 1.11. The number of aryl methyl sites for hydroxylation is 1. The Morgan fingerprint density at radius 2 is 2.13 bits per heavy atom. The highest BCUT2D eigenvalue weighted by atomic mass is 32.2. The van der Waals surface area contributed by atoms with E-state index in [9.17, 15) is 9.59 Å². The summed E-state index contributed by atoms with van der Waals surface area (Å²) >= 11 is 1.26. The molecular weight excluding hydrogens is 418 g/mol. The van der Waals surface area contributed by atoms with Crippen LogP contribution in [0.1, 0.15) is 5.76 Å². The predicted molar refractivity (Wildman–Crippen MR) is 116 cm³/mol. The fourth-order valence-corrected chi connectivity index (χ4v) is 4.15. The first kappa shape index (κ1) is 20.7. The molecule has 0 fully saturated rings. The van der Waals surface area contributed by atoms with Gasteiger partial charge in [-0.1, -0.05) is 30.0 Å². The SMILES string of the molecule is C=CCn1c(SCC(=O)N2CC(C(N)=O)Oc3ccccc32)nnc1-c1ccoc1C. The second-order valence-electron chi connectivity index (χ2n) is 6.87. The molecular formula is C21H21N5O4S. The van der Waals surface area contributed by atoms with Crippen molar-refractivity contribution in [1.82, 2.24) is 14.8 Å². The highest BCUT2D eigenvalue weighted by Crippen LogP contribution is 2.34. The van der Waals surface area contributed by atoms with Gasteiger partial charge in [-0.3, -0.25) is 14.2 Å². The molecule has 0 spiro atoms. The maximum Gasteiger partial charge on any atom is 0.260 e. The third kappa shape index (κ3) is 4.06. The van der Waals surface area contributed by atoms with Crippen molar-refractivity contribution < 1.29 is 18.7 Å². The highest BCUT2D eigenvalue weighted by Gasteiger charge is 2.32. The maximum atomic E-state index is 13.1. The number of benzene rings is 1.